The molecule has 0 amide bonds. The Kier molecular flexibility index (Phi) is 3.03. The molecule has 1 heterocycles. The van der Waals surface area contributed by atoms with Crippen molar-refractivity contribution in [1.82, 2.24) is 4.98 Å². The zero-order valence-corrected chi connectivity index (χ0v) is 11.4. The standard InChI is InChI=1S/C16H16N4/c1-10-6-7-19-16(14(10)9-17)20-15-5-2-11-8-12(18)3-4-13(11)15/h3-4,6-8,15H,2,5,18H2,1H3,(H,19,20). The summed E-state index contributed by atoms with van der Waals surface area (Å²) in [4.78, 5) is 4.31. The molecule has 0 fully saturated rings. The van der Waals surface area contributed by atoms with E-state index in [1.807, 2.05) is 25.1 Å². The number of aryl methyl sites for hydroxylation is 2. The lowest BCUT2D eigenvalue weighted by Crippen LogP contribution is -2.10. The van der Waals surface area contributed by atoms with Crippen molar-refractivity contribution < 1.29 is 0 Å². The van der Waals surface area contributed by atoms with E-state index in [9.17, 15) is 5.26 Å². The van der Waals surface area contributed by atoms with Gasteiger partial charge >= 0.3 is 0 Å². The highest BCUT2D eigenvalue weighted by atomic mass is 15.0. The van der Waals surface area contributed by atoms with Gasteiger partial charge in [0.1, 0.15) is 11.9 Å². The highest BCUT2D eigenvalue weighted by Gasteiger charge is 2.23. The number of nitrogens with one attached hydrogen (secondary N) is 1. The monoisotopic (exact) mass is 264 g/mol. The lowest BCUT2D eigenvalue weighted by atomic mass is 10.1. The van der Waals surface area contributed by atoms with Crippen LogP contribution in [-0.4, -0.2) is 4.98 Å². The summed E-state index contributed by atoms with van der Waals surface area (Å²) in [5.41, 5.74) is 10.7. The molecule has 1 unspecified atom stereocenters. The Morgan fingerprint density at radius 2 is 2.25 bits per heavy atom. The van der Waals surface area contributed by atoms with Crippen LogP contribution < -0.4 is 11.1 Å². The number of nitrogens with two attached hydrogens (primary N) is 1. The third kappa shape index (κ3) is 2.08. The molecule has 1 aliphatic carbocycles. The molecule has 0 saturated carbocycles. The zero-order chi connectivity index (χ0) is 14.1. The molecule has 1 aromatic heterocycles. The molecule has 1 atom stereocenters. The van der Waals surface area contributed by atoms with Gasteiger partial charge in [-0.25, -0.2) is 4.98 Å². The van der Waals surface area contributed by atoms with Gasteiger partial charge in [-0.1, -0.05) is 6.07 Å². The molecule has 3 rings (SSSR count). The second-order valence-electron chi connectivity index (χ2n) is 5.16. The molecule has 0 saturated heterocycles. The van der Waals surface area contributed by atoms with Crippen LogP contribution in [-0.2, 0) is 6.42 Å². The Bertz CT molecular complexity index is 700. The molecule has 100 valence electrons. The topological polar surface area (TPSA) is 74.7 Å². The van der Waals surface area contributed by atoms with Crippen LogP contribution in [0, 0.1) is 18.3 Å². The molecule has 4 nitrogen and oxygen atoms in total. The number of nitrogens with zero attached hydrogens (tertiary/aromatic N) is 2. The summed E-state index contributed by atoms with van der Waals surface area (Å²) in [6, 6.07) is 10.3. The minimum absolute atomic E-state index is 0.201. The zero-order valence-electron chi connectivity index (χ0n) is 11.4. The molecule has 3 N–H and O–H groups in total. The number of aromatic nitrogens is 1. The average Bonchev–Trinajstić information content (AvgIpc) is 2.81. The van der Waals surface area contributed by atoms with E-state index in [0.29, 0.717) is 11.4 Å². The molecule has 20 heavy (non-hydrogen) atoms. The van der Waals surface area contributed by atoms with Gasteiger partial charge < -0.3 is 11.1 Å². The summed E-state index contributed by atoms with van der Waals surface area (Å²) < 4.78 is 0. The molecule has 0 spiro atoms. The number of hydrogen-bond donors (Lipinski definition) is 2. The molecule has 0 bridgehead atoms. The van der Waals surface area contributed by atoms with Crippen molar-refractivity contribution in [2.75, 3.05) is 11.1 Å². The number of rotatable bonds is 2. The van der Waals surface area contributed by atoms with Gasteiger partial charge in [0.2, 0.25) is 0 Å². The van der Waals surface area contributed by atoms with E-state index in [2.05, 4.69) is 22.4 Å². The first-order chi connectivity index (χ1) is 9.69. The van der Waals surface area contributed by atoms with Crippen LogP contribution in [0.5, 0.6) is 0 Å². The maximum atomic E-state index is 9.26. The van der Waals surface area contributed by atoms with Crippen LogP contribution in [0.3, 0.4) is 0 Å². The third-order valence-corrected chi connectivity index (χ3v) is 3.83. The Labute approximate surface area is 118 Å². The van der Waals surface area contributed by atoms with Crippen molar-refractivity contribution in [1.29, 1.82) is 5.26 Å². The quantitative estimate of drug-likeness (QED) is 0.818. The number of hydrogen-bond acceptors (Lipinski definition) is 4. The van der Waals surface area contributed by atoms with Gasteiger partial charge in [-0.2, -0.15) is 5.26 Å². The number of anilines is 2. The van der Waals surface area contributed by atoms with Gasteiger partial charge in [-0.15, -0.1) is 0 Å². The third-order valence-electron chi connectivity index (χ3n) is 3.83. The van der Waals surface area contributed by atoms with E-state index in [4.69, 9.17) is 5.73 Å². The van der Waals surface area contributed by atoms with E-state index in [0.717, 1.165) is 24.1 Å². The Morgan fingerprint density at radius 1 is 1.40 bits per heavy atom. The van der Waals surface area contributed by atoms with Crippen molar-refractivity contribution in [3.05, 3.63) is 52.7 Å². The van der Waals surface area contributed by atoms with Crippen molar-refractivity contribution >= 4 is 11.5 Å². The molecular formula is C16H16N4. The molecule has 1 aliphatic rings. The van der Waals surface area contributed by atoms with Gasteiger partial charge in [-0.05, 0) is 54.7 Å². The highest BCUT2D eigenvalue weighted by Crippen LogP contribution is 2.35. The fourth-order valence-electron chi connectivity index (χ4n) is 2.76. The van der Waals surface area contributed by atoms with Crippen molar-refractivity contribution in [3.8, 4) is 6.07 Å². The first-order valence-electron chi connectivity index (χ1n) is 6.69. The minimum atomic E-state index is 0.201. The highest BCUT2D eigenvalue weighted by molar-refractivity contribution is 5.58. The first kappa shape index (κ1) is 12.5. The normalized spacial score (nSPS) is 16.5. The minimum Gasteiger partial charge on any atom is -0.399 e. The summed E-state index contributed by atoms with van der Waals surface area (Å²) in [6.07, 6.45) is 3.74. The smallest absolute Gasteiger partial charge is 0.144 e. The summed E-state index contributed by atoms with van der Waals surface area (Å²) in [5, 5.41) is 12.7. The number of benzene rings is 1. The lowest BCUT2D eigenvalue weighted by molar-refractivity contribution is 0.756. The number of nitriles is 1. The predicted molar refractivity (Wildman–Crippen MR) is 79.2 cm³/mol. The van der Waals surface area contributed by atoms with E-state index in [-0.39, 0.29) is 6.04 Å². The van der Waals surface area contributed by atoms with Crippen LogP contribution in [0.2, 0.25) is 0 Å². The Morgan fingerprint density at radius 3 is 3.05 bits per heavy atom. The molecule has 2 aromatic rings. The van der Waals surface area contributed by atoms with E-state index < -0.39 is 0 Å². The van der Waals surface area contributed by atoms with Gasteiger partial charge in [0, 0.05) is 11.9 Å². The molecule has 1 aromatic carbocycles. The first-order valence-corrected chi connectivity index (χ1v) is 6.69. The van der Waals surface area contributed by atoms with E-state index in [1.165, 1.54) is 11.1 Å². The summed E-state index contributed by atoms with van der Waals surface area (Å²) in [7, 11) is 0. The maximum Gasteiger partial charge on any atom is 0.144 e. The van der Waals surface area contributed by atoms with Crippen molar-refractivity contribution in [2.24, 2.45) is 0 Å². The maximum absolute atomic E-state index is 9.26. The van der Waals surface area contributed by atoms with Crippen LogP contribution in [0.1, 0.15) is 34.7 Å². The van der Waals surface area contributed by atoms with Crippen LogP contribution >= 0.6 is 0 Å². The number of fused-ring (bicyclic) bond motifs is 1. The summed E-state index contributed by atoms with van der Waals surface area (Å²) >= 11 is 0. The Hall–Kier alpha value is -2.54. The van der Waals surface area contributed by atoms with Crippen LogP contribution in [0.25, 0.3) is 0 Å². The second kappa shape index (κ2) is 4.86. The molecular weight excluding hydrogens is 248 g/mol. The number of nitrogen functional groups attached to an aromatic ring is 1. The molecule has 4 heteroatoms. The number of pyridine rings is 1. The van der Waals surface area contributed by atoms with Gasteiger partial charge in [0.05, 0.1) is 11.6 Å². The Balaban J connectivity index is 1.92. The summed E-state index contributed by atoms with van der Waals surface area (Å²) in [5.74, 6) is 0.669. The van der Waals surface area contributed by atoms with E-state index >= 15 is 0 Å². The predicted octanol–water partition coefficient (Wildman–Crippen LogP) is 2.94. The van der Waals surface area contributed by atoms with Gasteiger partial charge in [-0.3, -0.25) is 0 Å². The van der Waals surface area contributed by atoms with Gasteiger partial charge in [0.25, 0.3) is 0 Å². The lowest BCUT2D eigenvalue weighted by Gasteiger charge is -2.16. The molecule has 0 aliphatic heterocycles. The van der Waals surface area contributed by atoms with Gasteiger partial charge in [0.15, 0.2) is 0 Å². The average molecular weight is 264 g/mol. The second-order valence-corrected chi connectivity index (χ2v) is 5.16. The van der Waals surface area contributed by atoms with Crippen molar-refractivity contribution in [3.63, 3.8) is 0 Å². The van der Waals surface area contributed by atoms with E-state index in [1.54, 1.807) is 6.20 Å². The van der Waals surface area contributed by atoms with Crippen LogP contribution in [0.15, 0.2) is 30.5 Å². The SMILES string of the molecule is Cc1ccnc(NC2CCc3cc(N)ccc32)c1C#N. The fourth-order valence-corrected chi connectivity index (χ4v) is 2.76. The summed E-state index contributed by atoms with van der Waals surface area (Å²) in [6.45, 7) is 1.93. The fraction of sp³-hybridized carbons (Fsp3) is 0.250. The van der Waals surface area contributed by atoms with Crippen LogP contribution in [0.4, 0.5) is 11.5 Å². The largest absolute Gasteiger partial charge is 0.399 e. The van der Waals surface area contributed by atoms with Crippen molar-refractivity contribution in [2.45, 2.75) is 25.8 Å². The molecule has 0 radical (unpaired) electrons.